The van der Waals surface area contributed by atoms with Crippen molar-refractivity contribution in [1.29, 1.82) is 0 Å². The van der Waals surface area contributed by atoms with Crippen molar-refractivity contribution in [2.24, 2.45) is 0 Å². The van der Waals surface area contributed by atoms with Gasteiger partial charge in [0.1, 0.15) is 0 Å². The maximum Gasteiger partial charge on any atom is 0.0508 e. The average molecular weight is 365 g/mol. The molecule has 2 aliphatic rings. The first-order valence-corrected chi connectivity index (χ1v) is 10.3. The summed E-state index contributed by atoms with van der Waals surface area (Å²) >= 11 is 0. The number of hydrogen-bond acceptors (Lipinski definition) is 4. The van der Waals surface area contributed by atoms with Gasteiger partial charge in [-0.25, -0.2) is 0 Å². The van der Waals surface area contributed by atoms with Crippen LogP contribution in [0.2, 0.25) is 0 Å². The molecule has 2 heterocycles. The zero-order valence-corrected chi connectivity index (χ0v) is 16.3. The second-order valence-electron chi connectivity index (χ2n) is 7.90. The molecule has 0 aromatic heterocycles. The fraction of sp³-hybridized carbons (Fsp3) is 0.478. The van der Waals surface area contributed by atoms with Crippen LogP contribution in [0.25, 0.3) is 0 Å². The van der Waals surface area contributed by atoms with Gasteiger partial charge in [0, 0.05) is 65.4 Å². The molecule has 144 valence electrons. The Hall–Kier alpha value is -1.72. The van der Waals surface area contributed by atoms with Crippen molar-refractivity contribution in [3.05, 3.63) is 71.8 Å². The molecule has 0 unspecified atom stereocenters. The van der Waals surface area contributed by atoms with Crippen LogP contribution in [0, 0.1) is 0 Å². The lowest BCUT2D eigenvalue weighted by molar-refractivity contribution is 0.0413. The van der Waals surface area contributed by atoms with Crippen molar-refractivity contribution in [3.8, 4) is 0 Å². The summed E-state index contributed by atoms with van der Waals surface area (Å²) in [6.45, 7) is 12.8. The monoisotopic (exact) mass is 364 g/mol. The molecule has 2 aromatic carbocycles. The van der Waals surface area contributed by atoms with Crippen LogP contribution in [0.1, 0.15) is 11.1 Å². The Morgan fingerprint density at radius 1 is 0.444 bits per heavy atom. The first-order chi connectivity index (χ1) is 13.3. The van der Waals surface area contributed by atoms with E-state index in [-0.39, 0.29) is 0 Å². The Kier molecular flexibility index (Phi) is 6.53. The van der Waals surface area contributed by atoms with Gasteiger partial charge < -0.3 is 0 Å². The summed E-state index contributed by atoms with van der Waals surface area (Å²) in [5.41, 5.74) is 2.86. The Bertz CT molecular complexity index is 600. The Labute approximate surface area is 164 Å². The SMILES string of the molecule is c1ccc(CN2CCN(CN3CCN(Cc4ccccc4)CC3)CC2)cc1. The summed E-state index contributed by atoms with van der Waals surface area (Å²) in [4.78, 5) is 10.4. The lowest BCUT2D eigenvalue weighted by Gasteiger charge is -2.40. The van der Waals surface area contributed by atoms with Crippen LogP contribution < -0.4 is 0 Å². The molecule has 2 saturated heterocycles. The molecule has 0 amide bonds. The fourth-order valence-corrected chi connectivity index (χ4v) is 4.14. The first-order valence-electron chi connectivity index (χ1n) is 10.3. The minimum Gasteiger partial charge on any atom is -0.297 e. The molecular weight excluding hydrogens is 332 g/mol. The predicted octanol–water partition coefficient (Wildman–Crippen LogP) is 2.58. The van der Waals surface area contributed by atoms with Crippen LogP contribution in [-0.4, -0.2) is 78.6 Å². The van der Waals surface area contributed by atoms with E-state index in [1.807, 2.05) is 0 Å². The molecule has 2 aliphatic heterocycles. The summed E-state index contributed by atoms with van der Waals surface area (Å²) in [5, 5.41) is 0. The highest BCUT2D eigenvalue weighted by molar-refractivity contribution is 5.15. The lowest BCUT2D eigenvalue weighted by Crippen LogP contribution is -2.53. The van der Waals surface area contributed by atoms with E-state index < -0.39 is 0 Å². The van der Waals surface area contributed by atoms with Crippen molar-refractivity contribution < 1.29 is 0 Å². The van der Waals surface area contributed by atoms with E-state index in [1.54, 1.807) is 0 Å². The number of nitrogens with zero attached hydrogens (tertiary/aromatic N) is 4. The maximum absolute atomic E-state index is 2.63. The number of rotatable bonds is 6. The van der Waals surface area contributed by atoms with Crippen molar-refractivity contribution >= 4 is 0 Å². The second kappa shape index (κ2) is 9.47. The van der Waals surface area contributed by atoms with E-state index in [1.165, 1.54) is 63.5 Å². The number of hydrogen-bond donors (Lipinski definition) is 0. The predicted molar refractivity (Wildman–Crippen MR) is 111 cm³/mol. The van der Waals surface area contributed by atoms with Crippen molar-refractivity contribution in [2.75, 3.05) is 59.0 Å². The van der Waals surface area contributed by atoms with E-state index in [2.05, 4.69) is 80.3 Å². The van der Waals surface area contributed by atoms with E-state index in [0.717, 1.165) is 19.8 Å². The maximum atomic E-state index is 2.63. The summed E-state index contributed by atoms with van der Waals surface area (Å²) < 4.78 is 0. The molecule has 4 rings (SSSR count). The van der Waals surface area contributed by atoms with Crippen LogP contribution in [0.4, 0.5) is 0 Å². The van der Waals surface area contributed by atoms with Gasteiger partial charge in [-0.3, -0.25) is 19.6 Å². The largest absolute Gasteiger partial charge is 0.297 e. The minimum absolute atomic E-state index is 1.09. The first kappa shape index (κ1) is 18.6. The van der Waals surface area contributed by atoms with E-state index in [0.29, 0.717) is 0 Å². The smallest absolute Gasteiger partial charge is 0.0508 e. The van der Waals surface area contributed by atoms with Gasteiger partial charge in [0.15, 0.2) is 0 Å². The molecule has 0 aliphatic carbocycles. The van der Waals surface area contributed by atoms with Gasteiger partial charge in [0.25, 0.3) is 0 Å². The molecule has 4 nitrogen and oxygen atoms in total. The molecular formula is C23H32N4. The molecule has 0 saturated carbocycles. The fourth-order valence-electron chi connectivity index (χ4n) is 4.14. The molecule has 0 spiro atoms. The van der Waals surface area contributed by atoms with Gasteiger partial charge in [-0.05, 0) is 11.1 Å². The third-order valence-corrected chi connectivity index (χ3v) is 5.83. The molecule has 4 heteroatoms. The van der Waals surface area contributed by atoms with Gasteiger partial charge in [-0.15, -0.1) is 0 Å². The molecule has 0 radical (unpaired) electrons. The Balaban J connectivity index is 1.15. The van der Waals surface area contributed by atoms with E-state index >= 15 is 0 Å². The molecule has 2 aromatic rings. The number of benzene rings is 2. The third-order valence-electron chi connectivity index (χ3n) is 5.83. The minimum atomic E-state index is 1.09. The van der Waals surface area contributed by atoms with Crippen molar-refractivity contribution in [2.45, 2.75) is 13.1 Å². The van der Waals surface area contributed by atoms with Crippen LogP contribution in [0.3, 0.4) is 0 Å². The van der Waals surface area contributed by atoms with Crippen LogP contribution >= 0.6 is 0 Å². The van der Waals surface area contributed by atoms with E-state index in [9.17, 15) is 0 Å². The summed E-state index contributed by atoms with van der Waals surface area (Å²) in [5.74, 6) is 0. The van der Waals surface area contributed by atoms with Crippen molar-refractivity contribution in [3.63, 3.8) is 0 Å². The Morgan fingerprint density at radius 2 is 0.778 bits per heavy atom. The van der Waals surface area contributed by atoms with Crippen LogP contribution in [0.5, 0.6) is 0 Å². The van der Waals surface area contributed by atoms with Crippen molar-refractivity contribution in [1.82, 2.24) is 19.6 Å². The summed E-state index contributed by atoms with van der Waals surface area (Å²) in [7, 11) is 0. The normalized spacial score (nSPS) is 20.7. The zero-order valence-electron chi connectivity index (χ0n) is 16.3. The van der Waals surface area contributed by atoms with Crippen LogP contribution in [-0.2, 0) is 13.1 Å². The number of piperazine rings is 2. The molecule has 0 N–H and O–H groups in total. The summed E-state index contributed by atoms with van der Waals surface area (Å²) in [6, 6.07) is 21.7. The molecule has 0 bridgehead atoms. The van der Waals surface area contributed by atoms with Gasteiger partial charge in [-0.2, -0.15) is 0 Å². The topological polar surface area (TPSA) is 13.0 Å². The standard InChI is InChI=1S/C23H32N4/c1-3-7-22(8-4-1)19-24-11-15-26(16-12-24)21-27-17-13-25(14-18-27)20-23-9-5-2-6-10-23/h1-10H,11-21H2. The lowest BCUT2D eigenvalue weighted by atomic mass is 10.2. The highest BCUT2D eigenvalue weighted by Crippen LogP contribution is 2.11. The average Bonchev–Trinajstić information content (AvgIpc) is 2.73. The third kappa shape index (κ3) is 5.63. The molecule has 2 fully saturated rings. The Morgan fingerprint density at radius 3 is 1.15 bits per heavy atom. The highest BCUT2D eigenvalue weighted by Gasteiger charge is 2.22. The van der Waals surface area contributed by atoms with E-state index in [4.69, 9.17) is 0 Å². The van der Waals surface area contributed by atoms with Gasteiger partial charge >= 0.3 is 0 Å². The summed E-state index contributed by atoms with van der Waals surface area (Å²) in [6.07, 6.45) is 0. The second-order valence-corrected chi connectivity index (χ2v) is 7.90. The highest BCUT2D eigenvalue weighted by atomic mass is 15.4. The molecule has 0 atom stereocenters. The van der Waals surface area contributed by atoms with Crippen LogP contribution in [0.15, 0.2) is 60.7 Å². The quantitative estimate of drug-likeness (QED) is 0.781. The van der Waals surface area contributed by atoms with Gasteiger partial charge in [-0.1, -0.05) is 60.7 Å². The van der Waals surface area contributed by atoms with Gasteiger partial charge in [0.05, 0.1) is 6.67 Å². The van der Waals surface area contributed by atoms with Gasteiger partial charge in [0.2, 0.25) is 0 Å². The zero-order chi connectivity index (χ0) is 18.3. The molecule has 27 heavy (non-hydrogen) atoms.